The van der Waals surface area contributed by atoms with Crippen LogP contribution in [0.4, 0.5) is 4.39 Å². The van der Waals surface area contributed by atoms with E-state index in [1.54, 1.807) is 38.2 Å². The van der Waals surface area contributed by atoms with E-state index >= 15 is 0 Å². The standard InChI is InChI=1S/C8H12FN.C7H14.C5H8.C4H10N2.C3H6.C2H4.CH5N/c1-4-5-7(2)8(9)6-10-3;1-2-7-5-3-4-6-7;1-3-5-4-2;1-3-6-4(2)5;1-3-2;2*1-2/h4-5H,3,6H2,1-2H3;7H,2-6H2,1H3;3-5H,1H2,2H3;3H2,1-2H3,(H2,5,6);3H,1H2,2H3;1-2H2;2H2,1H3/b5-4+,8-7-;;5-4-;;;;. The molecule has 1 fully saturated rings. The largest absolute Gasteiger partial charge is 0.388 e. The van der Waals surface area contributed by atoms with Crippen molar-refractivity contribution in [2.24, 2.45) is 27.4 Å². The van der Waals surface area contributed by atoms with E-state index in [0.29, 0.717) is 11.4 Å². The molecule has 4 N–H and O–H groups in total. The molecule has 0 spiro atoms. The summed E-state index contributed by atoms with van der Waals surface area (Å²) in [5, 5.41) is 0. The zero-order valence-electron chi connectivity index (χ0n) is 24.5. The van der Waals surface area contributed by atoms with Gasteiger partial charge in [0.25, 0.3) is 0 Å². The first-order chi connectivity index (χ1) is 16.7. The van der Waals surface area contributed by atoms with Crippen LogP contribution in [0.5, 0.6) is 0 Å². The van der Waals surface area contributed by atoms with E-state index in [-0.39, 0.29) is 12.4 Å². The highest BCUT2D eigenvalue weighted by Crippen LogP contribution is 2.26. The van der Waals surface area contributed by atoms with E-state index < -0.39 is 0 Å². The van der Waals surface area contributed by atoms with Crippen LogP contribution in [0.2, 0.25) is 0 Å². The summed E-state index contributed by atoms with van der Waals surface area (Å²) >= 11 is 0. The van der Waals surface area contributed by atoms with Gasteiger partial charge < -0.3 is 11.5 Å². The van der Waals surface area contributed by atoms with Crippen LogP contribution in [-0.2, 0) is 0 Å². The second-order valence-electron chi connectivity index (χ2n) is 6.81. The Morgan fingerprint density at radius 1 is 1.00 bits per heavy atom. The lowest BCUT2D eigenvalue weighted by atomic mass is 10.1. The van der Waals surface area contributed by atoms with Gasteiger partial charge in [-0.25, -0.2) is 4.39 Å². The van der Waals surface area contributed by atoms with Crippen molar-refractivity contribution in [3.05, 3.63) is 74.2 Å². The van der Waals surface area contributed by atoms with Crippen molar-refractivity contribution in [1.29, 1.82) is 0 Å². The van der Waals surface area contributed by atoms with Gasteiger partial charge in [-0.2, -0.15) is 0 Å². The molecule has 1 rings (SSSR count). The lowest BCUT2D eigenvalue weighted by molar-refractivity contribution is 0.531. The summed E-state index contributed by atoms with van der Waals surface area (Å²) in [5.41, 5.74) is 10.3. The van der Waals surface area contributed by atoms with Crippen molar-refractivity contribution in [2.75, 3.05) is 20.1 Å². The summed E-state index contributed by atoms with van der Waals surface area (Å²) in [6, 6.07) is 0. The molecule has 0 heterocycles. The summed E-state index contributed by atoms with van der Waals surface area (Å²) in [6.07, 6.45) is 18.3. The normalized spacial score (nSPS) is 12.6. The number of hydrogen-bond acceptors (Lipinski definition) is 3. The van der Waals surface area contributed by atoms with Crippen LogP contribution in [0.1, 0.15) is 80.6 Å². The molecule has 1 aliphatic carbocycles. The minimum atomic E-state index is -0.215. The van der Waals surface area contributed by atoms with Crippen molar-refractivity contribution >= 4 is 12.6 Å². The first kappa shape index (κ1) is 45.9. The van der Waals surface area contributed by atoms with Crippen LogP contribution in [-0.4, -0.2) is 32.7 Å². The number of aliphatic imine (C=N–C) groups is 2. The Hall–Kier alpha value is -2.53. The molecule has 206 valence electrons. The average Bonchev–Trinajstić information content (AvgIpc) is 3.38. The first-order valence-corrected chi connectivity index (χ1v) is 12.3. The van der Waals surface area contributed by atoms with Crippen molar-refractivity contribution in [2.45, 2.75) is 80.6 Å². The predicted octanol–water partition coefficient (Wildman–Crippen LogP) is 8.79. The number of allylic oxidation sites excluding steroid dienone is 7. The molecule has 0 aromatic carbocycles. The van der Waals surface area contributed by atoms with Gasteiger partial charge in [0.1, 0.15) is 5.83 Å². The maximum Gasteiger partial charge on any atom is 0.124 e. The van der Waals surface area contributed by atoms with Gasteiger partial charge in [0, 0.05) is 6.54 Å². The highest BCUT2D eigenvalue weighted by Gasteiger charge is 2.11. The summed E-state index contributed by atoms with van der Waals surface area (Å²) in [5.74, 6) is 1.55. The molecular weight excluding hydrogens is 435 g/mol. The fourth-order valence-electron chi connectivity index (χ4n) is 2.37. The molecule has 35 heavy (non-hydrogen) atoms. The fraction of sp³-hybridized carbons (Fsp3) is 0.533. The molecular formula is C30H59FN4. The quantitative estimate of drug-likeness (QED) is 0.167. The van der Waals surface area contributed by atoms with Crippen molar-refractivity contribution in [1.82, 2.24) is 0 Å². The highest BCUT2D eigenvalue weighted by atomic mass is 19.1. The van der Waals surface area contributed by atoms with E-state index in [2.05, 4.69) is 55.7 Å². The topological polar surface area (TPSA) is 76.8 Å². The van der Waals surface area contributed by atoms with Crippen molar-refractivity contribution in [3.63, 3.8) is 0 Å². The molecule has 0 aromatic heterocycles. The van der Waals surface area contributed by atoms with Gasteiger partial charge in [0.15, 0.2) is 0 Å². The van der Waals surface area contributed by atoms with Gasteiger partial charge in [-0.1, -0.05) is 82.1 Å². The van der Waals surface area contributed by atoms with Crippen LogP contribution in [0, 0.1) is 5.92 Å². The molecule has 0 radical (unpaired) electrons. The van der Waals surface area contributed by atoms with Crippen LogP contribution >= 0.6 is 0 Å². The molecule has 0 saturated heterocycles. The van der Waals surface area contributed by atoms with E-state index in [1.807, 2.05) is 39.8 Å². The van der Waals surface area contributed by atoms with Crippen LogP contribution in [0.15, 0.2) is 84.2 Å². The number of nitrogens with zero attached hydrogens (tertiary/aromatic N) is 2. The molecule has 4 nitrogen and oxygen atoms in total. The Bertz CT molecular complexity index is 537. The Morgan fingerprint density at radius 2 is 1.46 bits per heavy atom. The molecule has 1 saturated carbocycles. The Kier molecular flexibility index (Phi) is 64.0. The number of halogens is 1. The fourth-order valence-corrected chi connectivity index (χ4v) is 2.37. The molecule has 0 bridgehead atoms. The summed E-state index contributed by atoms with van der Waals surface area (Å²) < 4.78 is 12.7. The maximum absolute atomic E-state index is 12.7. The van der Waals surface area contributed by atoms with E-state index in [4.69, 9.17) is 5.73 Å². The minimum absolute atomic E-state index is 0.0795. The van der Waals surface area contributed by atoms with Crippen LogP contribution in [0.25, 0.3) is 0 Å². The zero-order valence-corrected chi connectivity index (χ0v) is 24.5. The van der Waals surface area contributed by atoms with E-state index in [9.17, 15) is 4.39 Å². The molecule has 1 aliphatic rings. The predicted molar refractivity (Wildman–Crippen MR) is 165 cm³/mol. The third kappa shape index (κ3) is 59.3. The minimum Gasteiger partial charge on any atom is -0.388 e. The summed E-state index contributed by atoms with van der Waals surface area (Å²) in [6.45, 7) is 30.3. The molecule has 0 atom stereocenters. The average molecular weight is 495 g/mol. The Labute approximate surface area is 219 Å². The summed E-state index contributed by atoms with van der Waals surface area (Å²) in [4.78, 5) is 7.24. The number of rotatable bonds is 6. The van der Waals surface area contributed by atoms with Gasteiger partial charge in [-0.3, -0.25) is 9.98 Å². The Balaban J connectivity index is -0.0000000753. The van der Waals surface area contributed by atoms with Gasteiger partial charge in [-0.15, -0.1) is 19.7 Å². The number of amidine groups is 1. The molecule has 0 amide bonds. The monoisotopic (exact) mass is 494 g/mol. The third-order valence-corrected chi connectivity index (χ3v) is 3.88. The smallest absolute Gasteiger partial charge is 0.124 e. The van der Waals surface area contributed by atoms with Crippen LogP contribution < -0.4 is 11.5 Å². The van der Waals surface area contributed by atoms with Crippen molar-refractivity contribution < 1.29 is 4.39 Å². The van der Waals surface area contributed by atoms with E-state index in [1.165, 1.54) is 39.2 Å². The molecule has 0 aromatic rings. The second kappa shape index (κ2) is 48.8. The molecule has 0 unspecified atom stereocenters. The first-order valence-electron chi connectivity index (χ1n) is 12.3. The summed E-state index contributed by atoms with van der Waals surface area (Å²) in [7, 11) is 1.50. The maximum atomic E-state index is 12.7. The Morgan fingerprint density at radius 3 is 1.63 bits per heavy atom. The van der Waals surface area contributed by atoms with Gasteiger partial charge in [0.2, 0.25) is 0 Å². The van der Waals surface area contributed by atoms with Gasteiger partial charge >= 0.3 is 0 Å². The SMILES string of the molecule is C=C.C=C/C=C\C.C=CC.C=NC/C(F)=C(C)/C=C/C.CCC1CCCC1.CCN=C(C)N.CN. The van der Waals surface area contributed by atoms with Crippen LogP contribution in [0.3, 0.4) is 0 Å². The van der Waals surface area contributed by atoms with Gasteiger partial charge in [-0.05, 0) is 66.8 Å². The molecule has 0 aliphatic heterocycles. The molecule has 5 heteroatoms. The highest BCUT2D eigenvalue weighted by molar-refractivity contribution is 5.77. The number of nitrogens with two attached hydrogens (primary N) is 2. The zero-order chi connectivity index (χ0) is 28.9. The van der Waals surface area contributed by atoms with Crippen molar-refractivity contribution in [3.8, 4) is 0 Å². The lowest BCUT2D eigenvalue weighted by Gasteiger charge is -1.99. The van der Waals surface area contributed by atoms with E-state index in [0.717, 1.165) is 12.5 Å². The second-order valence-corrected chi connectivity index (χ2v) is 6.81. The lowest BCUT2D eigenvalue weighted by Crippen LogP contribution is -2.04. The third-order valence-electron chi connectivity index (χ3n) is 3.88. The van der Waals surface area contributed by atoms with Gasteiger partial charge in [0.05, 0.1) is 12.4 Å². The number of hydrogen-bond donors (Lipinski definition) is 2.